The van der Waals surface area contributed by atoms with E-state index < -0.39 is 12.0 Å². The normalized spacial score (nSPS) is 12.2. The second-order valence-electron chi connectivity index (χ2n) is 3.98. The van der Waals surface area contributed by atoms with E-state index in [4.69, 9.17) is 5.84 Å². The van der Waals surface area contributed by atoms with Gasteiger partial charge in [-0.05, 0) is 24.8 Å². The first-order valence-corrected chi connectivity index (χ1v) is 6.31. The second kappa shape index (κ2) is 4.58. The molecule has 0 aliphatic carbocycles. The summed E-state index contributed by atoms with van der Waals surface area (Å²) in [6.45, 7) is 1.73. The maximum atomic E-state index is 12.6. The van der Waals surface area contributed by atoms with Crippen LogP contribution in [0.25, 0.3) is 5.78 Å². The van der Waals surface area contributed by atoms with Gasteiger partial charge in [0.15, 0.2) is 0 Å². The summed E-state index contributed by atoms with van der Waals surface area (Å²) in [5.41, 5.74) is 0.636. The third kappa shape index (κ3) is 2.37. The van der Waals surface area contributed by atoms with Crippen LogP contribution in [-0.2, 0) is 6.18 Å². The van der Waals surface area contributed by atoms with E-state index in [0.29, 0.717) is 21.2 Å². The Bertz CT molecular complexity index is 807. The predicted molar refractivity (Wildman–Crippen MR) is 64.8 cm³/mol. The number of aromatic nitrogens is 7. The van der Waals surface area contributed by atoms with Crippen LogP contribution in [-0.4, -0.2) is 34.5 Å². The van der Waals surface area contributed by atoms with Crippen molar-refractivity contribution in [1.82, 2.24) is 34.5 Å². The Hall–Kier alpha value is -2.37. The summed E-state index contributed by atoms with van der Waals surface area (Å²) < 4.78 is 39.6. The van der Waals surface area contributed by atoms with Gasteiger partial charge in [-0.15, -0.1) is 10.2 Å². The topological polar surface area (TPSA) is 99.8 Å². The van der Waals surface area contributed by atoms with Crippen molar-refractivity contribution in [1.29, 1.82) is 0 Å². The van der Waals surface area contributed by atoms with Gasteiger partial charge in [-0.3, -0.25) is 0 Å². The molecule has 3 heterocycles. The molecule has 110 valence electrons. The molecule has 0 saturated carbocycles. The van der Waals surface area contributed by atoms with E-state index in [-0.39, 0.29) is 5.16 Å². The number of rotatable bonds is 2. The Morgan fingerprint density at radius 1 is 1.29 bits per heavy atom. The summed E-state index contributed by atoms with van der Waals surface area (Å²) in [6, 6.07) is 1.63. The second-order valence-corrected chi connectivity index (χ2v) is 4.97. The molecule has 0 bridgehead atoms. The Labute approximate surface area is 119 Å². The molecule has 0 aliphatic heterocycles. The quantitative estimate of drug-likeness (QED) is 0.554. The number of aryl methyl sites for hydroxylation is 1. The predicted octanol–water partition coefficient (Wildman–Crippen LogP) is 0.908. The van der Waals surface area contributed by atoms with E-state index in [0.717, 1.165) is 11.8 Å². The van der Waals surface area contributed by atoms with Crippen molar-refractivity contribution in [2.24, 2.45) is 0 Å². The van der Waals surface area contributed by atoms with Crippen molar-refractivity contribution in [3.63, 3.8) is 0 Å². The maximum Gasteiger partial charge on any atom is 0.453 e. The van der Waals surface area contributed by atoms with Crippen molar-refractivity contribution in [3.05, 3.63) is 23.9 Å². The highest BCUT2D eigenvalue weighted by Crippen LogP contribution is 2.31. The number of nitrogens with two attached hydrogens (primary N) is 1. The Kier molecular flexibility index (Phi) is 2.97. The Morgan fingerprint density at radius 2 is 2.05 bits per heavy atom. The summed E-state index contributed by atoms with van der Waals surface area (Å²) in [7, 11) is 0. The lowest BCUT2D eigenvalue weighted by atomic mass is 10.5. The summed E-state index contributed by atoms with van der Waals surface area (Å²) in [4.78, 5) is 8.05. The fraction of sp³-hybridized carbons (Fsp3) is 0.222. The summed E-state index contributed by atoms with van der Waals surface area (Å²) in [5.74, 6) is 4.44. The molecule has 0 unspecified atom stereocenters. The highest BCUT2D eigenvalue weighted by atomic mass is 32.2. The van der Waals surface area contributed by atoms with E-state index in [1.165, 1.54) is 10.8 Å². The molecule has 3 aromatic rings. The number of nitrogen functional groups attached to an aromatic ring is 1. The first kappa shape index (κ1) is 13.6. The molecular weight excluding hydrogens is 309 g/mol. The minimum absolute atomic E-state index is 0.121. The van der Waals surface area contributed by atoms with Gasteiger partial charge in [-0.2, -0.15) is 27.8 Å². The van der Waals surface area contributed by atoms with Crippen LogP contribution in [0, 0.1) is 6.92 Å². The van der Waals surface area contributed by atoms with E-state index in [1.54, 1.807) is 13.0 Å². The van der Waals surface area contributed by atoms with Crippen molar-refractivity contribution < 1.29 is 13.2 Å². The van der Waals surface area contributed by atoms with Gasteiger partial charge in [0.25, 0.3) is 11.6 Å². The lowest BCUT2D eigenvalue weighted by Crippen LogP contribution is -2.21. The Balaban J connectivity index is 2.03. The van der Waals surface area contributed by atoms with Crippen molar-refractivity contribution in [2.45, 2.75) is 23.3 Å². The van der Waals surface area contributed by atoms with Crippen LogP contribution >= 0.6 is 11.8 Å². The zero-order valence-electron chi connectivity index (χ0n) is 10.4. The number of alkyl halides is 3. The number of hydrogen-bond acceptors (Lipinski definition) is 7. The van der Waals surface area contributed by atoms with Crippen LogP contribution < -0.4 is 5.84 Å². The molecule has 0 spiro atoms. The van der Waals surface area contributed by atoms with Gasteiger partial charge in [0, 0.05) is 5.69 Å². The van der Waals surface area contributed by atoms with Gasteiger partial charge in [0.2, 0.25) is 5.16 Å². The van der Waals surface area contributed by atoms with Crippen LogP contribution in [0.4, 0.5) is 13.2 Å². The summed E-state index contributed by atoms with van der Waals surface area (Å²) in [6.07, 6.45) is -3.38. The minimum Gasteiger partial charge on any atom is -0.335 e. The monoisotopic (exact) mass is 316 g/mol. The van der Waals surface area contributed by atoms with E-state index in [2.05, 4.69) is 25.3 Å². The van der Waals surface area contributed by atoms with Crippen LogP contribution in [0.15, 0.2) is 22.6 Å². The fourth-order valence-corrected chi connectivity index (χ4v) is 2.50. The molecule has 3 rings (SSSR count). The number of nitrogens with zero attached hydrogens (tertiary/aromatic N) is 7. The smallest absolute Gasteiger partial charge is 0.335 e. The van der Waals surface area contributed by atoms with Gasteiger partial charge < -0.3 is 5.84 Å². The zero-order chi connectivity index (χ0) is 15.2. The molecule has 8 nitrogen and oxygen atoms in total. The minimum atomic E-state index is -4.67. The third-order valence-electron chi connectivity index (χ3n) is 2.46. The average molecular weight is 316 g/mol. The molecule has 0 aliphatic rings. The Morgan fingerprint density at radius 3 is 2.71 bits per heavy atom. The molecule has 0 aromatic carbocycles. The highest BCUT2D eigenvalue weighted by molar-refractivity contribution is 7.99. The molecular formula is C9H7F3N8S. The molecule has 2 N–H and O–H groups in total. The average Bonchev–Trinajstić information content (AvgIpc) is 2.96. The molecule has 0 saturated heterocycles. The van der Waals surface area contributed by atoms with E-state index in [9.17, 15) is 13.2 Å². The molecule has 3 aromatic heterocycles. The van der Waals surface area contributed by atoms with Crippen LogP contribution in [0.1, 0.15) is 11.5 Å². The summed E-state index contributed by atoms with van der Waals surface area (Å²) in [5, 5.41) is 10.8. The number of hydrogen-bond donors (Lipinski definition) is 1. The summed E-state index contributed by atoms with van der Waals surface area (Å²) >= 11 is 0.884. The van der Waals surface area contributed by atoms with E-state index >= 15 is 0 Å². The van der Waals surface area contributed by atoms with Crippen LogP contribution in [0.2, 0.25) is 0 Å². The number of halogens is 3. The van der Waals surface area contributed by atoms with Gasteiger partial charge in [-0.1, -0.05) is 0 Å². The molecule has 12 heteroatoms. The SMILES string of the molecule is Cc1cc(Sc2nnc(C(F)(F)F)n2N)n2ncnc2n1. The first-order valence-electron chi connectivity index (χ1n) is 5.49. The molecule has 0 fully saturated rings. The van der Waals surface area contributed by atoms with Gasteiger partial charge in [0.05, 0.1) is 0 Å². The first-order chi connectivity index (χ1) is 9.86. The fourth-order valence-electron chi connectivity index (χ4n) is 1.60. The largest absolute Gasteiger partial charge is 0.453 e. The van der Waals surface area contributed by atoms with Gasteiger partial charge in [-0.25, -0.2) is 9.66 Å². The zero-order valence-corrected chi connectivity index (χ0v) is 11.2. The molecule has 0 atom stereocenters. The highest BCUT2D eigenvalue weighted by Gasteiger charge is 2.38. The molecule has 0 radical (unpaired) electrons. The van der Waals surface area contributed by atoms with Gasteiger partial charge >= 0.3 is 6.18 Å². The standard InChI is InChI=1S/C9H7F3N8S/c1-4-2-5(20-7(16-4)14-3-15-20)21-8-18-17-6(19(8)13)9(10,11)12/h2-3H,13H2,1H3. The van der Waals surface area contributed by atoms with Crippen LogP contribution in [0.5, 0.6) is 0 Å². The van der Waals surface area contributed by atoms with Crippen molar-refractivity contribution in [3.8, 4) is 0 Å². The van der Waals surface area contributed by atoms with Crippen molar-refractivity contribution in [2.75, 3.05) is 5.84 Å². The van der Waals surface area contributed by atoms with Gasteiger partial charge in [0.1, 0.15) is 11.4 Å². The van der Waals surface area contributed by atoms with Crippen LogP contribution in [0.3, 0.4) is 0 Å². The van der Waals surface area contributed by atoms with Crippen molar-refractivity contribution >= 4 is 17.5 Å². The lowest BCUT2D eigenvalue weighted by Gasteiger charge is -2.06. The lowest BCUT2D eigenvalue weighted by molar-refractivity contribution is -0.146. The number of fused-ring (bicyclic) bond motifs is 1. The molecule has 0 amide bonds. The molecule has 21 heavy (non-hydrogen) atoms. The maximum absolute atomic E-state index is 12.6. The third-order valence-corrected chi connectivity index (χ3v) is 3.42. The van der Waals surface area contributed by atoms with E-state index in [1.807, 2.05) is 0 Å².